The number of halogens is 3. The van der Waals surface area contributed by atoms with Gasteiger partial charge in [0.15, 0.2) is 6.29 Å². The standard InChI is InChI=1S/C40H42F3N3O5/c1-45(24-27-8-3-2-4-9-27)25-33-22-36(30-15-13-28(26-47)14-16-30)51-38(50-33)31-19-17-29(18-20-31)34-11-6-5-10-32(34)23-44-37(48)35-12-7-21-46(35)39(49)40(41,42)43/h2-6,8-11,13-20,33,35-36,38,47H,7,12,21-26H2,1H3,(H,44,48)/t33-,35+,36+,38+/m1/s1. The van der Waals surface area contributed by atoms with Crippen molar-refractivity contribution < 1.29 is 37.3 Å². The number of likely N-dealkylation sites (tertiary alicyclic amines) is 1. The summed E-state index contributed by atoms with van der Waals surface area (Å²) in [6.07, 6.45) is -4.83. The molecule has 2 heterocycles. The van der Waals surface area contributed by atoms with Crippen LogP contribution >= 0.6 is 0 Å². The van der Waals surface area contributed by atoms with Gasteiger partial charge in [-0.15, -0.1) is 0 Å². The molecule has 11 heteroatoms. The summed E-state index contributed by atoms with van der Waals surface area (Å²) in [4.78, 5) is 27.7. The summed E-state index contributed by atoms with van der Waals surface area (Å²) < 4.78 is 52.4. The first-order chi connectivity index (χ1) is 24.6. The third kappa shape index (κ3) is 9.04. The molecular weight excluding hydrogens is 659 g/mol. The van der Waals surface area contributed by atoms with Crippen molar-refractivity contribution in [3.63, 3.8) is 0 Å². The number of alkyl halides is 3. The zero-order chi connectivity index (χ0) is 36.0. The van der Waals surface area contributed by atoms with Crippen LogP contribution in [-0.2, 0) is 38.8 Å². The van der Waals surface area contributed by atoms with Crippen molar-refractivity contribution in [2.24, 2.45) is 0 Å². The fourth-order valence-corrected chi connectivity index (χ4v) is 6.86. The molecule has 268 valence electrons. The number of hydrogen-bond acceptors (Lipinski definition) is 6. The molecule has 2 fully saturated rings. The minimum atomic E-state index is -5.03. The molecule has 4 atom stereocenters. The van der Waals surface area contributed by atoms with E-state index in [1.165, 1.54) is 5.56 Å². The number of rotatable bonds is 11. The summed E-state index contributed by atoms with van der Waals surface area (Å²) in [5.74, 6) is -2.59. The Morgan fingerprint density at radius 3 is 2.27 bits per heavy atom. The van der Waals surface area contributed by atoms with E-state index in [0.29, 0.717) is 24.3 Å². The van der Waals surface area contributed by atoms with E-state index in [0.717, 1.165) is 39.9 Å². The summed E-state index contributed by atoms with van der Waals surface area (Å²) in [5.41, 5.74) is 6.40. The number of likely N-dealkylation sites (N-methyl/N-ethyl adjacent to an activating group) is 1. The van der Waals surface area contributed by atoms with Crippen molar-refractivity contribution in [2.75, 3.05) is 20.1 Å². The van der Waals surface area contributed by atoms with Gasteiger partial charge in [-0.05, 0) is 53.3 Å². The molecule has 0 radical (unpaired) electrons. The van der Waals surface area contributed by atoms with Crippen LogP contribution in [0.15, 0.2) is 103 Å². The van der Waals surface area contributed by atoms with Gasteiger partial charge in [-0.3, -0.25) is 14.5 Å². The van der Waals surface area contributed by atoms with Gasteiger partial charge in [0.2, 0.25) is 5.91 Å². The van der Waals surface area contributed by atoms with Gasteiger partial charge in [-0.2, -0.15) is 13.2 Å². The smallest absolute Gasteiger partial charge is 0.392 e. The Bertz CT molecular complexity index is 1770. The largest absolute Gasteiger partial charge is 0.471 e. The van der Waals surface area contributed by atoms with Crippen LogP contribution < -0.4 is 5.32 Å². The third-order valence-corrected chi connectivity index (χ3v) is 9.45. The number of carbonyl (C=O) groups is 2. The van der Waals surface area contributed by atoms with Crippen LogP contribution in [0.1, 0.15) is 59.5 Å². The lowest BCUT2D eigenvalue weighted by Gasteiger charge is -2.38. The van der Waals surface area contributed by atoms with E-state index in [9.17, 15) is 27.9 Å². The maximum Gasteiger partial charge on any atom is 0.471 e. The van der Waals surface area contributed by atoms with E-state index in [1.807, 2.05) is 91.0 Å². The van der Waals surface area contributed by atoms with Gasteiger partial charge in [-0.25, -0.2) is 0 Å². The van der Waals surface area contributed by atoms with Gasteiger partial charge in [-0.1, -0.05) is 103 Å². The Morgan fingerprint density at radius 1 is 0.882 bits per heavy atom. The first-order valence-electron chi connectivity index (χ1n) is 17.2. The molecule has 2 aliphatic rings. The summed E-state index contributed by atoms with van der Waals surface area (Å²) in [6, 6.07) is 32.2. The number of aliphatic hydroxyl groups excluding tert-OH is 1. The van der Waals surface area contributed by atoms with Crippen molar-refractivity contribution in [2.45, 2.75) is 69.7 Å². The molecule has 2 saturated heterocycles. The van der Waals surface area contributed by atoms with Crippen LogP contribution in [0.2, 0.25) is 0 Å². The molecule has 8 nitrogen and oxygen atoms in total. The second-order valence-corrected chi connectivity index (χ2v) is 13.2. The van der Waals surface area contributed by atoms with Crippen LogP contribution in [0.5, 0.6) is 0 Å². The average Bonchev–Trinajstić information content (AvgIpc) is 3.64. The molecule has 0 aliphatic carbocycles. The molecule has 2 aliphatic heterocycles. The van der Waals surface area contributed by atoms with Crippen molar-refractivity contribution in [1.29, 1.82) is 0 Å². The predicted molar refractivity (Wildman–Crippen MR) is 186 cm³/mol. The molecule has 2 N–H and O–H groups in total. The van der Waals surface area contributed by atoms with Crippen molar-refractivity contribution >= 4 is 11.8 Å². The highest BCUT2D eigenvalue weighted by Crippen LogP contribution is 2.39. The van der Waals surface area contributed by atoms with Gasteiger partial charge in [0.1, 0.15) is 6.04 Å². The highest BCUT2D eigenvalue weighted by molar-refractivity contribution is 5.90. The molecule has 4 aromatic carbocycles. The van der Waals surface area contributed by atoms with Crippen LogP contribution in [0.3, 0.4) is 0 Å². The number of hydrogen-bond donors (Lipinski definition) is 2. The molecule has 2 amide bonds. The number of carbonyl (C=O) groups excluding carboxylic acids is 2. The summed E-state index contributed by atoms with van der Waals surface area (Å²) in [6.45, 7) is 1.43. The number of nitrogens with one attached hydrogen (secondary N) is 1. The van der Waals surface area contributed by atoms with E-state index >= 15 is 0 Å². The molecule has 0 aromatic heterocycles. The molecule has 4 aromatic rings. The molecular formula is C40H42F3N3O5. The highest BCUT2D eigenvalue weighted by Gasteiger charge is 2.47. The molecule has 0 saturated carbocycles. The van der Waals surface area contributed by atoms with Crippen molar-refractivity contribution in [3.8, 4) is 11.1 Å². The molecule has 0 unspecified atom stereocenters. The first kappa shape index (κ1) is 36.2. The maximum absolute atomic E-state index is 13.1. The van der Waals surface area contributed by atoms with Crippen LogP contribution in [0.25, 0.3) is 11.1 Å². The average molecular weight is 702 g/mol. The van der Waals surface area contributed by atoms with E-state index in [-0.39, 0.29) is 38.3 Å². The lowest BCUT2D eigenvalue weighted by molar-refractivity contribution is -0.252. The Kier molecular flexibility index (Phi) is 11.5. The minimum Gasteiger partial charge on any atom is -0.392 e. The lowest BCUT2D eigenvalue weighted by atomic mass is 9.97. The van der Waals surface area contributed by atoms with Gasteiger partial charge in [0.25, 0.3) is 0 Å². The molecule has 6 rings (SSSR count). The van der Waals surface area contributed by atoms with E-state index in [2.05, 4.69) is 29.4 Å². The van der Waals surface area contributed by atoms with Crippen molar-refractivity contribution in [1.82, 2.24) is 15.1 Å². The van der Waals surface area contributed by atoms with E-state index in [1.54, 1.807) is 0 Å². The fourth-order valence-electron chi connectivity index (χ4n) is 6.86. The molecule has 0 bridgehead atoms. The Morgan fingerprint density at radius 2 is 1.57 bits per heavy atom. The molecule has 0 spiro atoms. The van der Waals surface area contributed by atoms with Crippen LogP contribution in [0.4, 0.5) is 13.2 Å². The summed E-state index contributed by atoms with van der Waals surface area (Å²) in [5, 5.41) is 12.3. The van der Waals surface area contributed by atoms with Gasteiger partial charge in [0, 0.05) is 38.2 Å². The maximum atomic E-state index is 13.1. The number of aliphatic hydroxyl groups is 1. The number of benzene rings is 4. The zero-order valence-corrected chi connectivity index (χ0v) is 28.4. The quantitative estimate of drug-likeness (QED) is 0.181. The van der Waals surface area contributed by atoms with Crippen molar-refractivity contribution in [3.05, 3.63) is 131 Å². The monoisotopic (exact) mass is 701 g/mol. The molecule has 51 heavy (non-hydrogen) atoms. The zero-order valence-electron chi connectivity index (χ0n) is 28.4. The Hall–Kier alpha value is -4.55. The lowest BCUT2D eigenvalue weighted by Crippen LogP contribution is -2.50. The van der Waals surface area contributed by atoms with Crippen LogP contribution in [0, 0.1) is 0 Å². The predicted octanol–water partition coefficient (Wildman–Crippen LogP) is 6.69. The second kappa shape index (κ2) is 16.2. The van der Waals surface area contributed by atoms with Gasteiger partial charge < -0.3 is 24.8 Å². The highest BCUT2D eigenvalue weighted by atomic mass is 19.4. The van der Waals surface area contributed by atoms with Gasteiger partial charge >= 0.3 is 12.1 Å². The van der Waals surface area contributed by atoms with Gasteiger partial charge in [0.05, 0.1) is 18.8 Å². The second-order valence-electron chi connectivity index (χ2n) is 13.2. The normalized spacial score (nSPS) is 20.8. The number of nitrogens with zero attached hydrogens (tertiary/aromatic N) is 2. The first-order valence-corrected chi connectivity index (χ1v) is 17.2. The van der Waals surface area contributed by atoms with Crippen LogP contribution in [-0.4, -0.2) is 65.2 Å². The topological polar surface area (TPSA) is 91.3 Å². The number of amides is 2. The van der Waals surface area contributed by atoms with E-state index < -0.39 is 30.3 Å². The minimum absolute atomic E-state index is 0.0333. The summed E-state index contributed by atoms with van der Waals surface area (Å²) >= 11 is 0. The Balaban J connectivity index is 1.16. The Labute approximate surface area is 295 Å². The number of ether oxygens (including phenoxy) is 2. The third-order valence-electron chi connectivity index (χ3n) is 9.45. The summed E-state index contributed by atoms with van der Waals surface area (Å²) in [7, 11) is 2.08. The SMILES string of the molecule is CN(Cc1ccccc1)C[C@H]1C[C@@H](c2ccc(CO)cc2)O[C@@H](c2ccc(-c3ccccc3CNC(=O)[C@@H]3CCCN3C(=O)C(F)(F)F)cc2)O1. The fraction of sp³-hybridized carbons (Fsp3) is 0.350. The van der Waals surface area contributed by atoms with E-state index in [4.69, 9.17) is 9.47 Å².